The molecule has 1 heterocycles. The highest BCUT2D eigenvalue weighted by Crippen LogP contribution is 1.99. The maximum Gasteiger partial charge on any atom is 0.223 e. The molecule has 0 spiro atoms. The molecule has 0 aliphatic heterocycles. The molecule has 1 rings (SSSR count). The monoisotopic (exact) mass is 181 g/mol. The number of nitrogens with zero attached hydrogens (tertiary/aromatic N) is 2. The number of nitrogens with one attached hydrogen (secondary N) is 1. The van der Waals surface area contributed by atoms with E-state index in [4.69, 9.17) is 0 Å². The van der Waals surface area contributed by atoms with Crippen LogP contribution in [0.1, 0.15) is 33.4 Å². The summed E-state index contributed by atoms with van der Waals surface area (Å²) in [7, 11) is 0. The molecule has 1 aromatic heterocycles. The van der Waals surface area contributed by atoms with E-state index in [1.54, 1.807) is 6.20 Å². The molecule has 74 valence electrons. The number of aryl methyl sites for hydroxylation is 1. The Morgan fingerprint density at radius 3 is 2.38 bits per heavy atom. The van der Waals surface area contributed by atoms with Gasteiger partial charge in [0.05, 0.1) is 0 Å². The summed E-state index contributed by atoms with van der Waals surface area (Å²) in [4.78, 5) is 8.25. The molecule has 0 atom stereocenters. The summed E-state index contributed by atoms with van der Waals surface area (Å²) in [5.74, 6) is 0.708. The van der Waals surface area contributed by atoms with Gasteiger partial charge in [-0.05, 0) is 26.8 Å². The van der Waals surface area contributed by atoms with E-state index in [-0.39, 0.29) is 0 Å². The molecule has 3 heteroatoms. The normalized spacial score (nSPS) is 9.08. The van der Waals surface area contributed by atoms with Gasteiger partial charge in [-0.1, -0.05) is 13.8 Å². The van der Waals surface area contributed by atoms with E-state index in [0.717, 1.165) is 5.69 Å². The summed E-state index contributed by atoms with van der Waals surface area (Å²) in [6, 6.07) is 2.27. The Morgan fingerprint density at radius 2 is 1.92 bits per heavy atom. The predicted molar refractivity (Wildman–Crippen MR) is 56.9 cm³/mol. The van der Waals surface area contributed by atoms with E-state index in [2.05, 4.69) is 29.1 Å². The molecule has 1 aromatic rings. The van der Waals surface area contributed by atoms with E-state index in [0.29, 0.717) is 12.0 Å². The fraction of sp³-hybridized carbons (Fsp3) is 0.600. The van der Waals surface area contributed by atoms with Crippen molar-refractivity contribution in [3.63, 3.8) is 0 Å². The second-order valence-electron chi connectivity index (χ2n) is 2.82. The molecule has 0 aliphatic rings. The summed E-state index contributed by atoms with van der Waals surface area (Å²) in [6.45, 7) is 10.1. The molecule has 0 radical (unpaired) electrons. The van der Waals surface area contributed by atoms with Crippen LogP contribution in [0.2, 0.25) is 0 Å². The van der Waals surface area contributed by atoms with E-state index in [9.17, 15) is 0 Å². The van der Waals surface area contributed by atoms with E-state index >= 15 is 0 Å². The molecular formula is C10H19N3. The third-order valence-electron chi connectivity index (χ3n) is 1.21. The van der Waals surface area contributed by atoms with Crippen LogP contribution in [0.4, 0.5) is 5.95 Å². The van der Waals surface area contributed by atoms with Crippen molar-refractivity contribution in [2.75, 3.05) is 5.32 Å². The van der Waals surface area contributed by atoms with Crippen LogP contribution in [-0.4, -0.2) is 16.0 Å². The summed E-state index contributed by atoms with van der Waals surface area (Å²) in [5, 5.41) is 3.12. The fourth-order valence-electron chi connectivity index (χ4n) is 0.777. The summed E-state index contributed by atoms with van der Waals surface area (Å²) in [6.07, 6.45) is 1.76. The largest absolute Gasteiger partial charge is 0.352 e. The minimum Gasteiger partial charge on any atom is -0.352 e. The first kappa shape index (κ1) is 11.9. The maximum absolute atomic E-state index is 4.19. The Balaban J connectivity index is 0.000000671. The number of hydrogen-bond acceptors (Lipinski definition) is 3. The van der Waals surface area contributed by atoms with Gasteiger partial charge in [0.1, 0.15) is 0 Å². The molecule has 0 fully saturated rings. The molecule has 0 bridgehead atoms. The van der Waals surface area contributed by atoms with Gasteiger partial charge in [-0.25, -0.2) is 9.97 Å². The maximum atomic E-state index is 4.19. The first-order valence-corrected chi connectivity index (χ1v) is 4.74. The van der Waals surface area contributed by atoms with Gasteiger partial charge >= 0.3 is 0 Å². The lowest BCUT2D eigenvalue weighted by atomic mass is 10.4. The second kappa shape index (κ2) is 6.40. The van der Waals surface area contributed by atoms with Gasteiger partial charge in [-0.2, -0.15) is 0 Å². The highest BCUT2D eigenvalue weighted by atomic mass is 15.1. The molecule has 0 saturated heterocycles. The minimum absolute atomic E-state index is 0.386. The molecular weight excluding hydrogens is 162 g/mol. The molecule has 0 saturated carbocycles. The summed E-state index contributed by atoms with van der Waals surface area (Å²) < 4.78 is 0. The molecule has 0 unspecified atom stereocenters. The van der Waals surface area contributed by atoms with Crippen LogP contribution in [0.5, 0.6) is 0 Å². The van der Waals surface area contributed by atoms with Crippen molar-refractivity contribution < 1.29 is 0 Å². The Morgan fingerprint density at radius 1 is 1.31 bits per heavy atom. The van der Waals surface area contributed by atoms with Crippen molar-refractivity contribution in [2.45, 2.75) is 40.7 Å². The van der Waals surface area contributed by atoms with Crippen molar-refractivity contribution >= 4 is 5.95 Å². The van der Waals surface area contributed by atoms with Gasteiger partial charge in [0.15, 0.2) is 0 Å². The third kappa shape index (κ3) is 5.17. The smallest absolute Gasteiger partial charge is 0.223 e. The minimum atomic E-state index is 0.386. The first-order chi connectivity index (χ1) is 6.18. The molecule has 13 heavy (non-hydrogen) atoms. The van der Waals surface area contributed by atoms with Crippen molar-refractivity contribution in [1.82, 2.24) is 9.97 Å². The lowest BCUT2D eigenvalue weighted by molar-refractivity contribution is 0.870. The Hall–Kier alpha value is -1.12. The molecule has 0 aliphatic carbocycles. The molecule has 0 aromatic carbocycles. The van der Waals surface area contributed by atoms with Crippen LogP contribution in [0.15, 0.2) is 12.3 Å². The van der Waals surface area contributed by atoms with E-state index in [1.165, 1.54) is 0 Å². The summed E-state index contributed by atoms with van der Waals surface area (Å²) in [5.41, 5.74) is 0.989. The highest BCUT2D eigenvalue weighted by Gasteiger charge is 1.96. The quantitative estimate of drug-likeness (QED) is 0.762. The number of rotatable bonds is 2. The van der Waals surface area contributed by atoms with Crippen LogP contribution >= 0.6 is 0 Å². The van der Waals surface area contributed by atoms with Gasteiger partial charge in [0.2, 0.25) is 5.95 Å². The molecule has 1 N–H and O–H groups in total. The van der Waals surface area contributed by atoms with Crippen LogP contribution in [-0.2, 0) is 0 Å². The predicted octanol–water partition coefficient (Wildman–Crippen LogP) is 2.63. The third-order valence-corrected chi connectivity index (χ3v) is 1.21. The van der Waals surface area contributed by atoms with Gasteiger partial charge in [0, 0.05) is 17.9 Å². The molecule has 3 nitrogen and oxygen atoms in total. The first-order valence-electron chi connectivity index (χ1n) is 4.74. The van der Waals surface area contributed by atoms with Gasteiger partial charge in [-0.3, -0.25) is 0 Å². The fourth-order valence-corrected chi connectivity index (χ4v) is 0.777. The zero-order valence-electron chi connectivity index (χ0n) is 9.13. The van der Waals surface area contributed by atoms with Gasteiger partial charge in [-0.15, -0.1) is 0 Å². The number of hydrogen-bond donors (Lipinski definition) is 1. The van der Waals surface area contributed by atoms with Crippen LogP contribution in [0.3, 0.4) is 0 Å². The van der Waals surface area contributed by atoms with Crippen LogP contribution in [0, 0.1) is 6.92 Å². The lowest BCUT2D eigenvalue weighted by Gasteiger charge is -2.06. The van der Waals surface area contributed by atoms with Crippen molar-refractivity contribution in [1.29, 1.82) is 0 Å². The van der Waals surface area contributed by atoms with Gasteiger partial charge < -0.3 is 5.32 Å². The van der Waals surface area contributed by atoms with Crippen molar-refractivity contribution in [2.24, 2.45) is 0 Å². The average molecular weight is 181 g/mol. The Bertz CT molecular complexity index is 233. The van der Waals surface area contributed by atoms with Crippen molar-refractivity contribution in [3.05, 3.63) is 18.0 Å². The zero-order valence-corrected chi connectivity index (χ0v) is 9.13. The zero-order chi connectivity index (χ0) is 10.3. The average Bonchev–Trinajstić information content (AvgIpc) is 2.06. The summed E-state index contributed by atoms with van der Waals surface area (Å²) >= 11 is 0. The Labute approximate surface area is 80.6 Å². The SMILES string of the molecule is CC.Cc1ccnc(NC(C)C)n1. The lowest BCUT2D eigenvalue weighted by Crippen LogP contribution is -2.12. The van der Waals surface area contributed by atoms with Crippen LogP contribution < -0.4 is 5.32 Å². The van der Waals surface area contributed by atoms with E-state index in [1.807, 2.05) is 26.8 Å². The molecule has 0 amide bonds. The highest BCUT2D eigenvalue weighted by molar-refractivity contribution is 5.25. The topological polar surface area (TPSA) is 37.8 Å². The van der Waals surface area contributed by atoms with E-state index < -0.39 is 0 Å². The second-order valence-corrected chi connectivity index (χ2v) is 2.82. The number of anilines is 1. The Kier molecular flexibility index (Phi) is 5.85. The standard InChI is InChI=1S/C8H13N3.C2H6/c1-6(2)10-8-9-5-4-7(3)11-8;1-2/h4-6H,1-3H3,(H,9,10,11);1-2H3. The van der Waals surface area contributed by atoms with Crippen molar-refractivity contribution in [3.8, 4) is 0 Å². The van der Waals surface area contributed by atoms with Crippen LogP contribution in [0.25, 0.3) is 0 Å². The van der Waals surface area contributed by atoms with Gasteiger partial charge in [0.25, 0.3) is 0 Å². The number of aromatic nitrogens is 2.